The standard InChI is InChI=1S/C32H28N4O5S/c1-21-11-14-26(17-22(21)2)33-30(37)20-42-28-10-6-9-25(19-28)34-32(39)29(35-31(38)24-7-4-3-5-8-24)18-23-12-15-27(16-13-23)36(40)41/h3-19H,20H2,1-2H3,(H,33,37)(H,34,39)(H,35,38)/b29-18+. The van der Waals surface area contributed by atoms with Crippen LogP contribution in [0.2, 0.25) is 0 Å². The topological polar surface area (TPSA) is 130 Å². The fraction of sp³-hybridized carbons (Fsp3) is 0.0938. The molecule has 9 nitrogen and oxygen atoms in total. The first-order valence-electron chi connectivity index (χ1n) is 12.9. The van der Waals surface area contributed by atoms with Crippen LogP contribution in [-0.4, -0.2) is 28.4 Å². The summed E-state index contributed by atoms with van der Waals surface area (Å²) in [6.07, 6.45) is 1.44. The molecule has 4 aromatic carbocycles. The molecule has 0 saturated carbocycles. The zero-order valence-corrected chi connectivity index (χ0v) is 23.7. The molecule has 0 saturated heterocycles. The average molecular weight is 581 g/mol. The van der Waals surface area contributed by atoms with Gasteiger partial charge in [-0.25, -0.2) is 0 Å². The molecule has 0 aromatic heterocycles. The van der Waals surface area contributed by atoms with Crippen molar-refractivity contribution >= 4 is 52.6 Å². The zero-order valence-electron chi connectivity index (χ0n) is 22.9. The number of thioether (sulfide) groups is 1. The first-order chi connectivity index (χ1) is 20.2. The molecule has 3 amide bonds. The molecule has 0 atom stereocenters. The van der Waals surface area contributed by atoms with E-state index in [-0.39, 0.29) is 23.0 Å². The highest BCUT2D eigenvalue weighted by Crippen LogP contribution is 2.23. The molecular weight excluding hydrogens is 552 g/mol. The van der Waals surface area contributed by atoms with Crippen LogP contribution >= 0.6 is 11.8 Å². The Hall–Kier alpha value is -5.22. The summed E-state index contributed by atoms with van der Waals surface area (Å²) in [5, 5.41) is 19.3. The number of amides is 3. The summed E-state index contributed by atoms with van der Waals surface area (Å²) >= 11 is 1.32. The Labute approximate surface area is 247 Å². The lowest BCUT2D eigenvalue weighted by Gasteiger charge is -2.12. The molecule has 42 heavy (non-hydrogen) atoms. The summed E-state index contributed by atoms with van der Waals surface area (Å²) in [4.78, 5) is 49.9. The number of rotatable bonds is 10. The molecule has 4 aromatic rings. The Morgan fingerprint density at radius 2 is 1.52 bits per heavy atom. The third-order valence-electron chi connectivity index (χ3n) is 6.20. The Balaban J connectivity index is 1.46. The van der Waals surface area contributed by atoms with Crippen LogP contribution in [0.15, 0.2) is 108 Å². The van der Waals surface area contributed by atoms with E-state index in [0.29, 0.717) is 16.8 Å². The van der Waals surface area contributed by atoms with Crippen molar-refractivity contribution in [3.63, 3.8) is 0 Å². The van der Waals surface area contributed by atoms with E-state index < -0.39 is 16.7 Å². The molecule has 10 heteroatoms. The molecule has 4 rings (SSSR count). The lowest BCUT2D eigenvalue weighted by atomic mass is 10.1. The highest BCUT2D eigenvalue weighted by molar-refractivity contribution is 8.00. The Morgan fingerprint density at radius 1 is 0.810 bits per heavy atom. The average Bonchev–Trinajstić information content (AvgIpc) is 2.98. The number of nitrogens with one attached hydrogen (secondary N) is 3. The van der Waals surface area contributed by atoms with Crippen LogP contribution in [0.25, 0.3) is 6.08 Å². The lowest BCUT2D eigenvalue weighted by molar-refractivity contribution is -0.384. The molecule has 0 aliphatic carbocycles. The van der Waals surface area contributed by atoms with Crippen LogP contribution in [0.4, 0.5) is 17.1 Å². The van der Waals surface area contributed by atoms with Crippen LogP contribution in [0, 0.1) is 24.0 Å². The third-order valence-corrected chi connectivity index (χ3v) is 7.19. The Bertz CT molecular complexity index is 1650. The van der Waals surface area contributed by atoms with E-state index in [4.69, 9.17) is 0 Å². The number of carbonyl (C=O) groups is 3. The molecule has 3 N–H and O–H groups in total. The number of nitrogens with zero attached hydrogens (tertiary/aromatic N) is 1. The van der Waals surface area contributed by atoms with Gasteiger partial charge in [0.25, 0.3) is 17.5 Å². The number of hydrogen-bond acceptors (Lipinski definition) is 6. The van der Waals surface area contributed by atoms with Crippen molar-refractivity contribution in [1.82, 2.24) is 5.32 Å². The van der Waals surface area contributed by atoms with Gasteiger partial charge in [-0.2, -0.15) is 0 Å². The molecule has 0 aliphatic rings. The minimum atomic E-state index is -0.590. The van der Waals surface area contributed by atoms with Crippen LogP contribution in [0.3, 0.4) is 0 Å². The van der Waals surface area contributed by atoms with Crippen molar-refractivity contribution in [2.75, 3.05) is 16.4 Å². The lowest BCUT2D eigenvalue weighted by Crippen LogP contribution is -2.30. The van der Waals surface area contributed by atoms with Gasteiger partial charge in [-0.05, 0) is 91.2 Å². The van der Waals surface area contributed by atoms with Crippen LogP contribution in [0.5, 0.6) is 0 Å². The maximum absolute atomic E-state index is 13.3. The second kappa shape index (κ2) is 13.9. The summed E-state index contributed by atoms with van der Waals surface area (Å²) in [7, 11) is 0. The van der Waals surface area contributed by atoms with Crippen molar-refractivity contribution < 1.29 is 19.3 Å². The van der Waals surface area contributed by atoms with E-state index in [9.17, 15) is 24.5 Å². The maximum Gasteiger partial charge on any atom is 0.272 e. The minimum Gasteiger partial charge on any atom is -0.325 e. The van der Waals surface area contributed by atoms with Gasteiger partial charge < -0.3 is 16.0 Å². The van der Waals surface area contributed by atoms with Crippen molar-refractivity contribution in [3.8, 4) is 0 Å². The van der Waals surface area contributed by atoms with Crippen molar-refractivity contribution in [3.05, 3.63) is 135 Å². The van der Waals surface area contributed by atoms with E-state index >= 15 is 0 Å². The van der Waals surface area contributed by atoms with Crippen LogP contribution in [-0.2, 0) is 9.59 Å². The van der Waals surface area contributed by atoms with Gasteiger partial charge in [0, 0.05) is 34.0 Å². The summed E-state index contributed by atoms with van der Waals surface area (Å²) < 4.78 is 0. The summed E-state index contributed by atoms with van der Waals surface area (Å²) in [5.74, 6) is -1.07. The van der Waals surface area contributed by atoms with Gasteiger partial charge in [0.05, 0.1) is 10.7 Å². The Kier molecular flexibility index (Phi) is 9.85. The molecule has 0 heterocycles. The highest BCUT2D eigenvalue weighted by Gasteiger charge is 2.16. The number of nitro groups is 1. The first kappa shape index (κ1) is 29.8. The summed E-state index contributed by atoms with van der Waals surface area (Å²) in [6.45, 7) is 3.99. The largest absolute Gasteiger partial charge is 0.325 e. The second-order valence-corrected chi connectivity index (χ2v) is 10.4. The van der Waals surface area contributed by atoms with Crippen LogP contribution < -0.4 is 16.0 Å². The third kappa shape index (κ3) is 8.39. The van der Waals surface area contributed by atoms with Gasteiger partial charge >= 0.3 is 0 Å². The van der Waals surface area contributed by atoms with E-state index in [0.717, 1.165) is 21.7 Å². The molecule has 0 spiro atoms. The summed E-state index contributed by atoms with van der Waals surface area (Å²) in [5.41, 5.74) is 4.12. The predicted octanol–water partition coefficient (Wildman–Crippen LogP) is 6.35. The highest BCUT2D eigenvalue weighted by atomic mass is 32.2. The van der Waals surface area contributed by atoms with E-state index in [1.165, 1.54) is 42.1 Å². The maximum atomic E-state index is 13.3. The van der Waals surface area contributed by atoms with E-state index in [2.05, 4.69) is 16.0 Å². The molecule has 212 valence electrons. The minimum absolute atomic E-state index is 0.0523. The van der Waals surface area contributed by atoms with Gasteiger partial charge in [-0.3, -0.25) is 24.5 Å². The number of carbonyl (C=O) groups excluding carboxylic acids is 3. The normalized spacial score (nSPS) is 11.0. The molecule has 0 radical (unpaired) electrons. The van der Waals surface area contributed by atoms with Gasteiger partial charge in [0.2, 0.25) is 5.91 Å². The second-order valence-electron chi connectivity index (χ2n) is 9.34. The van der Waals surface area contributed by atoms with Crippen LogP contribution in [0.1, 0.15) is 27.0 Å². The van der Waals surface area contributed by atoms with Gasteiger partial charge in [0.15, 0.2) is 0 Å². The van der Waals surface area contributed by atoms with E-state index in [1.54, 1.807) is 48.5 Å². The molecule has 0 bridgehead atoms. The smallest absolute Gasteiger partial charge is 0.272 e. The Morgan fingerprint density at radius 3 is 2.21 bits per heavy atom. The van der Waals surface area contributed by atoms with Gasteiger partial charge in [-0.15, -0.1) is 11.8 Å². The molecule has 0 unspecified atom stereocenters. The zero-order chi connectivity index (χ0) is 30.1. The van der Waals surface area contributed by atoms with E-state index in [1.807, 2.05) is 38.1 Å². The molecule has 0 fully saturated rings. The molecular formula is C32H28N4O5S. The fourth-order valence-corrected chi connectivity index (χ4v) is 4.58. The van der Waals surface area contributed by atoms with Gasteiger partial charge in [0.1, 0.15) is 5.70 Å². The molecule has 0 aliphatic heterocycles. The number of anilines is 2. The monoisotopic (exact) mass is 580 g/mol. The van der Waals surface area contributed by atoms with Gasteiger partial charge in [-0.1, -0.05) is 30.3 Å². The number of aryl methyl sites for hydroxylation is 2. The number of hydrogen-bond donors (Lipinski definition) is 3. The number of non-ortho nitro benzene ring substituents is 1. The van der Waals surface area contributed by atoms with Crippen molar-refractivity contribution in [2.45, 2.75) is 18.7 Å². The quantitative estimate of drug-likeness (QED) is 0.0867. The fourth-order valence-electron chi connectivity index (χ4n) is 3.83. The summed E-state index contributed by atoms with van der Waals surface area (Å²) in [6, 6.07) is 26.8. The predicted molar refractivity (Wildman–Crippen MR) is 165 cm³/mol. The van der Waals surface area contributed by atoms with Crippen molar-refractivity contribution in [2.24, 2.45) is 0 Å². The number of nitro benzene ring substituents is 1. The SMILES string of the molecule is Cc1ccc(NC(=O)CSc2cccc(NC(=O)/C(=C\c3ccc([N+](=O)[O-])cc3)NC(=O)c3ccccc3)c2)cc1C. The first-order valence-corrected chi connectivity index (χ1v) is 13.9. The number of benzene rings is 4. The van der Waals surface area contributed by atoms with Crippen molar-refractivity contribution in [1.29, 1.82) is 0 Å².